The molecule has 0 saturated heterocycles. The number of nitrogens with two attached hydrogens (primary N) is 1. The molecule has 0 fully saturated rings. The summed E-state index contributed by atoms with van der Waals surface area (Å²) in [5.41, 5.74) is 6.80. The number of nitrogens with zero attached hydrogens (tertiary/aromatic N) is 1. The van der Waals surface area contributed by atoms with Gasteiger partial charge in [-0.15, -0.1) is 0 Å². The zero-order valence-electron chi connectivity index (χ0n) is 28.6. The number of esters is 1. The molecule has 3 unspecified atom stereocenters. The quantitative estimate of drug-likeness (QED) is 0.274. The highest BCUT2D eigenvalue weighted by Gasteiger charge is 2.38. The second kappa shape index (κ2) is 16.2. The fourth-order valence-electron chi connectivity index (χ4n) is 4.97. The van der Waals surface area contributed by atoms with E-state index in [-0.39, 0.29) is 13.0 Å². The molecule has 0 aliphatic heterocycles. The van der Waals surface area contributed by atoms with Crippen LogP contribution in [0.5, 0.6) is 0 Å². The van der Waals surface area contributed by atoms with Crippen molar-refractivity contribution in [3.63, 3.8) is 0 Å². The van der Waals surface area contributed by atoms with Crippen molar-refractivity contribution in [2.24, 2.45) is 5.73 Å². The summed E-state index contributed by atoms with van der Waals surface area (Å²) in [6, 6.07) is 11.0. The summed E-state index contributed by atoms with van der Waals surface area (Å²) >= 11 is 0. The van der Waals surface area contributed by atoms with Crippen molar-refractivity contribution >= 4 is 29.8 Å². The van der Waals surface area contributed by atoms with Gasteiger partial charge < -0.3 is 30.7 Å². The molecule has 0 spiro atoms. The maximum absolute atomic E-state index is 14.4. The van der Waals surface area contributed by atoms with Gasteiger partial charge in [0.1, 0.15) is 29.3 Å². The molecule has 46 heavy (non-hydrogen) atoms. The van der Waals surface area contributed by atoms with Gasteiger partial charge in [-0.25, -0.2) is 9.59 Å². The van der Waals surface area contributed by atoms with Crippen molar-refractivity contribution < 1.29 is 33.4 Å². The van der Waals surface area contributed by atoms with Gasteiger partial charge in [-0.1, -0.05) is 66.6 Å². The molecule has 252 valence electrons. The fraction of sp³-hybridized carbons (Fsp3) is 0.514. The molecular formula is C35H50N4O7. The highest BCUT2D eigenvalue weighted by molar-refractivity contribution is 5.95. The second-order valence-corrected chi connectivity index (χ2v) is 13.5. The topological polar surface area (TPSA) is 157 Å². The van der Waals surface area contributed by atoms with Crippen molar-refractivity contribution in [3.8, 4) is 0 Å². The number of aryl methyl sites for hydroxylation is 2. The summed E-state index contributed by atoms with van der Waals surface area (Å²) < 4.78 is 11.0. The van der Waals surface area contributed by atoms with Crippen molar-refractivity contribution in [2.75, 3.05) is 6.54 Å². The molecule has 0 heterocycles. The first-order chi connectivity index (χ1) is 21.3. The van der Waals surface area contributed by atoms with Gasteiger partial charge in [-0.3, -0.25) is 14.4 Å². The van der Waals surface area contributed by atoms with Crippen LogP contribution in [-0.4, -0.2) is 64.5 Å². The van der Waals surface area contributed by atoms with Crippen molar-refractivity contribution in [1.82, 2.24) is 15.5 Å². The average molecular weight is 639 g/mol. The van der Waals surface area contributed by atoms with Crippen LogP contribution in [0, 0.1) is 13.8 Å². The average Bonchev–Trinajstić information content (AvgIpc) is 2.89. The Bertz CT molecular complexity index is 1360. The molecule has 11 nitrogen and oxygen atoms in total. The minimum atomic E-state index is -1.41. The molecule has 2 rings (SSSR count). The molecule has 0 radical (unpaired) electrons. The number of carbonyl (C=O) groups excluding carboxylic acids is 5. The van der Waals surface area contributed by atoms with Crippen LogP contribution in [0.3, 0.4) is 0 Å². The number of carbonyl (C=O) groups is 5. The summed E-state index contributed by atoms with van der Waals surface area (Å²) in [6.07, 6.45) is -0.847. The van der Waals surface area contributed by atoms with Gasteiger partial charge >= 0.3 is 12.1 Å². The number of rotatable bonds is 13. The van der Waals surface area contributed by atoms with Gasteiger partial charge in [0.15, 0.2) is 0 Å². The molecule has 0 bridgehead atoms. The highest BCUT2D eigenvalue weighted by atomic mass is 16.6. The lowest BCUT2D eigenvalue weighted by molar-refractivity contribution is -0.159. The first-order valence-electron chi connectivity index (χ1n) is 15.5. The highest BCUT2D eigenvalue weighted by Crippen LogP contribution is 2.26. The first-order valence-corrected chi connectivity index (χ1v) is 15.5. The molecule has 0 aromatic heterocycles. The SMILES string of the molecule is CCCN(C(=O)C(CC(N)=O)NC(=O)OC(C)(C)C)C(C(=O)NC(Cc1ccccc1)C(=O)OC(C)(C)C)c1cc(C)cc(C)c1. The largest absolute Gasteiger partial charge is 0.458 e. The van der Waals surface area contributed by atoms with E-state index in [1.807, 2.05) is 57.2 Å². The normalized spacial score (nSPS) is 13.5. The lowest BCUT2D eigenvalue weighted by Gasteiger charge is -2.35. The number of ether oxygens (including phenoxy) is 2. The van der Waals surface area contributed by atoms with Crippen LogP contribution >= 0.6 is 0 Å². The zero-order chi connectivity index (χ0) is 34.8. The van der Waals surface area contributed by atoms with Crippen molar-refractivity contribution in [3.05, 3.63) is 70.8 Å². The Morgan fingerprint density at radius 2 is 1.39 bits per heavy atom. The second-order valence-electron chi connectivity index (χ2n) is 13.5. The summed E-state index contributed by atoms with van der Waals surface area (Å²) in [4.78, 5) is 68.1. The summed E-state index contributed by atoms with van der Waals surface area (Å²) in [6.45, 7) is 15.9. The minimum absolute atomic E-state index is 0.0883. The Hall–Kier alpha value is -4.41. The maximum atomic E-state index is 14.4. The van der Waals surface area contributed by atoms with E-state index in [4.69, 9.17) is 15.2 Å². The van der Waals surface area contributed by atoms with E-state index >= 15 is 0 Å². The Morgan fingerprint density at radius 1 is 0.826 bits per heavy atom. The smallest absolute Gasteiger partial charge is 0.408 e. The summed E-state index contributed by atoms with van der Waals surface area (Å²) in [5, 5.41) is 5.33. The third-order valence-corrected chi connectivity index (χ3v) is 6.55. The first kappa shape index (κ1) is 37.8. The predicted molar refractivity (Wildman–Crippen MR) is 176 cm³/mol. The molecule has 0 aliphatic rings. The van der Waals surface area contributed by atoms with Crippen molar-refractivity contribution in [1.29, 1.82) is 0 Å². The van der Waals surface area contributed by atoms with E-state index in [0.717, 1.165) is 16.7 Å². The van der Waals surface area contributed by atoms with E-state index in [9.17, 15) is 24.0 Å². The number of nitrogens with one attached hydrogen (secondary N) is 2. The lowest BCUT2D eigenvalue weighted by atomic mass is 9.97. The van der Waals surface area contributed by atoms with Crippen LogP contribution in [0.4, 0.5) is 4.79 Å². The van der Waals surface area contributed by atoms with Gasteiger partial charge in [-0.05, 0) is 72.9 Å². The zero-order valence-corrected chi connectivity index (χ0v) is 28.6. The van der Waals surface area contributed by atoms with Crippen LogP contribution in [0.1, 0.15) is 89.6 Å². The van der Waals surface area contributed by atoms with E-state index in [1.54, 1.807) is 53.7 Å². The van der Waals surface area contributed by atoms with Crippen LogP contribution < -0.4 is 16.4 Å². The molecule has 2 aromatic carbocycles. The van der Waals surface area contributed by atoms with Gasteiger partial charge in [0.05, 0.1) is 6.42 Å². The van der Waals surface area contributed by atoms with Crippen LogP contribution in [0.15, 0.2) is 48.5 Å². The van der Waals surface area contributed by atoms with Crippen molar-refractivity contribution in [2.45, 2.75) is 111 Å². The van der Waals surface area contributed by atoms with Crippen LogP contribution in [-0.2, 0) is 35.1 Å². The van der Waals surface area contributed by atoms with E-state index in [2.05, 4.69) is 10.6 Å². The molecule has 2 aromatic rings. The van der Waals surface area contributed by atoms with E-state index < -0.39 is 65.5 Å². The maximum Gasteiger partial charge on any atom is 0.408 e. The number of amides is 4. The van der Waals surface area contributed by atoms with E-state index in [1.165, 1.54) is 4.90 Å². The Balaban J connectivity index is 2.63. The Labute approximate surface area is 272 Å². The number of hydrogen-bond acceptors (Lipinski definition) is 7. The monoisotopic (exact) mass is 638 g/mol. The number of alkyl carbamates (subject to hydrolysis) is 1. The Morgan fingerprint density at radius 3 is 1.89 bits per heavy atom. The minimum Gasteiger partial charge on any atom is -0.458 e. The van der Waals surface area contributed by atoms with Crippen LogP contribution in [0.25, 0.3) is 0 Å². The molecule has 4 amide bonds. The third kappa shape index (κ3) is 12.5. The fourth-order valence-corrected chi connectivity index (χ4v) is 4.97. The van der Waals surface area contributed by atoms with Gasteiger partial charge in [0.25, 0.3) is 0 Å². The van der Waals surface area contributed by atoms with Gasteiger partial charge in [-0.2, -0.15) is 0 Å². The lowest BCUT2D eigenvalue weighted by Crippen LogP contribution is -2.55. The van der Waals surface area contributed by atoms with Gasteiger partial charge in [0, 0.05) is 13.0 Å². The number of hydrogen-bond donors (Lipinski definition) is 3. The molecule has 4 N–H and O–H groups in total. The van der Waals surface area contributed by atoms with Crippen LogP contribution in [0.2, 0.25) is 0 Å². The number of benzene rings is 2. The predicted octanol–water partition coefficient (Wildman–Crippen LogP) is 4.42. The number of primary amides is 1. The standard InChI is InChI=1S/C35H50N4O7/c1-10-16-39(31(42)26(21-28(36)40)38-33(44)46-35(7,8)9)29(25-18-22(2)17-23(3)19-25)30(41)37-27(32(43)45-34(4,5)6)20-24-14-12-11-13-15-24/h11-15,17-19,26-27,29H,10,16,20-21H2,1-9H3,(H2,36,40)(H,37,41)(H,38,44). The molecule has 3 atom stereocenters. The summed E-state index contributed by atoms with van der Waals surface area (Å²) in [7, 11) is 0. The molecule has 0 aliphatic carbocycles. The molecule has 0 saturated carbocycles. The van der Waals surface area contributed by atoms with E-state index in [0.29, 0.717) is 12.0 Å². The molecular weight excluding hydrogens is 588 g/mol. The van der Waals surface area contributed by atoms with Gasteiger partial charge in [0.2, 0.25) is 17.7 Å². The third-order valence-electron chi connectivity index (χ3n) is 6.55. The molecule has 11 heteroatoms. The Kier molecular flexibility index (Phi) is 13.3. The summed E-state index contributed by atoms with van der Waals surface area (Å²) in [5.74, 6) is -2.79.